The molecule has 1 aliphatic heterocycles. The van der Waals surface area contributed by atoms with Crippen molar-refractivity contribution in [3.8, 4) is 0 Å². The molecule has 3 rings (SSSR count). The predicted molar refractivity (Wildman–Crippen MR) is 71.0 cm³/mol. The molecule has 1 heterocycles. The number of amides is 1. The average Bonchev–Trinajstić information content (AvgIpc) is 2.84. The number of hydrogen-bond donors (Lipinski definition) is 2. The zero-order valence-electron chi connectivity index (χ0n) is 11.1. The van der Waals surface area contributed by atoms with Gasteiger partial charge >= 0.3 is 6.09 Å². The van der Waals surface area contributed by atoms with Gasteiger partial charge in [-0.25, -0.2) is 9.18 Å². The van der Waals surface area contributed by atoms with Gasteiger partial charge in [-0.1, -0.05) is 12.1 Å². The highest BCUT2D eigenvalue weighted by atomic mass is 19.1. The minimum atomic E-state index is -0.897. The van der Waals surface area contributed by atoms with Crippen LogP contribution in [0.1, 0.15) is 24.3 Å². The number of carbonyl (C=O) groups is 1. The third-order valence-corrected chi connectivity index (χ3v) is 4.73. The summed E-state index contributed by atoms with van der Waals surface area (Å²) >= 11 is 0. The molecule has 20 heavy (non-hydrogen) atoms. The molecule has 108 valence electrons. The molecule has 1 aromatic carbocycles. The van der Waals surface area contributed by atoms with Gasteiger partial charge < -0.3 is 15.1 Å². The summed E-state index contributed by atoms with van der Waals surface area (Å²) in [4.78, 5) is 12.6. The molecule has 5 heteroatoms. The van der Waals surface area contributed by atoms with Gasteiger partial charge in [-0.2, -0.15) is 0 Å². The van der Waals surface area contributed by atoms with E-state index >= 15 is 0 Å². The molecule has 3 unspecified atom stereocenters. The van der Waals surface area contributed by atoms with Crippen molar-refractivity contribution in [3.05, 3.63) is 35.6 Å². The molecule has 0 radical (unpaired) electrons. The lowest BCUT2D eigenvalue weighted by Crippen LogP contribution is -2.35. The van der Waals surface area contributed by atoms with Gasteiger partial charge in [0.1, 0.15) is 5.82 Å². The van der Waals surface area contributed by atoms with Crippen LogP contribution < -0.4 is 0 Å². The monoisotopic (exact) mass is 279 g/mol. The van der Waals surface area contributed by atoms with Crippen molar-refractivity contribution in [1.29, 1.82) is 0 Å². The quantitative estimate of drug-likeness (QED) is 0.829. The van der Waals surface area contributed by atoms with E-state index in [1.54, 1.807) is 12.1 Å². The first-order valence-electron chi connectivity index (χ1n) is 6.97. The minimum Gasteiger partial charge on any atom is -0.465 e. The van der Waals surface area contributed by atoms with Crippen LogP contribution in [0.4, 0.5) is 9.18 Å². The van der Waals surface area contributed by atoms with Gasteiger partial charge in [0.15, 0.2) is 0 Å². The smallest absolute Gasteiger partial charge is 0.407 e. The number of carboxylic acid groups (broad SMARTS) is 1. The fourth-order valence-electron chi connectivity index (χ4n) is 3.77. The molecule has 2 N–H and O–H groups in total. The van der Waals surface area contributed by atoms with E-state index in [1.807, 2.05) is 0 Å². The molecule has 1 aliphatic carbocycles. The van der Waals surface area contributed by atoms with Gasteiger partial charge in [-0.3, -0.25) is 0 Å². The van der Waals surface area contributed by atoms with Crippen LogP contribution in [0.25, 0.3) is 0 Å². The van der Waals surface area contributed by atoms with Gasteiger partial charge in [0.05, 0.1) is 6.10 Å². The maximum absolute atomic E-state index is 13.0. The van der Waals surface area contributed by atoms with Crippen LogP contribution in [-0.4, -0.2) is 40.4 Å². The first-order valence-corrected chi connectivity index (χ1v) is 6.97. The highest BCUT2D eigenvalue weighted by Crippen LogP contribution is 2.45. The third-order valence-electron chi connectivity index (χ3n) is 4.73. The zero-order valence-corrected chi connectivity index (χ0v) is 11.1. The Hall–Kier alpha value is -1.62. The molecule has 1 saturated carbocycles. The fourth-order valence-corrected chi connectivity index (χ4v) is 3.77. The average molecular weight is 279 g/mol. The first kappa shape index (κ1) is 13.4. The highest BCUT2D eigenvalue weighted by molar-refractivity contribution is 5.65. The predicted octanol–water partition coefficient (Wildman–Crippen LogP) is 2.29. The summed E-state index contributed by atoms with van der Waals surface area (Å²) < 4.78 is 13.0. The molecular formula is C15H18FNO3. The molecule has 0 spiro atoms. The van der Waals surface area contributed by atoms with Gasteiger partial charge in [-0.15, -0.1) is 0 Å². The molecule has 1 aromatic rings. The highest BCUT2D eigenvalue weighted by Gasteiger charge is 2.45. The Labute approximate surface area is 116 Å². The van der Waals surface area contributed by atoms with Crippen LogP contribution in [0.15, 0.2) is 24.3 Å². The number of nitrogens with zero attached hydrogens (tertiary/aromatic N) is 1. The number of aliphatic hydroxyl groups excluding tert-OH is 1. The maximum atomic E-state index is 13.0. The van der Waals surface area contributed by atoms with Crippen molar-refractivity contribution in [2.24, 2.45) is 11.8 Å². The van der Waals surface area contributed by atoms with Crippen molar-refractivity contribution >= 4 is 6.09 Å². The second kappa shape index (κ2) is 5.05. The Balaban J connectivity index is 1.88. The summed E-state index contributed by atoms with van der Waals surface area (Å²) in [5, 5.41) is 19.4. The molecule has 1 amide bonds. The van der Waals surface area contributed by atoms with Crippen LogP contribution in [-0.2, 0) is 0 Å². The van der Waals surface area contributed by atoms with E-state index < -0.39 is 12.2 Å². The standard InChI is InChI=1S/C15H18FNO3/c16-11-4-1-9(2-5-11)14-12-8-17(15(19)20)7-10(12)3-6-13(14)18/h1-2,4-5,10,12-14,18H,3,6-8H2,(H,19,20)/t10-,12?,13?,14?/m1/s1. The molecule has 1 saturated heterocycles. The number of rotatable bonds is 1. The van der Waals surface area contributed by atoms with Crippen LogP contribution in [0.2, 0.25) is 0 Å². The fraction of sp³-hybridized carbons (Fsp3) is 0.533. The summed E-state index contributed by atoms with van der Waals surface area (Å²) in [6.07, 6.45) is 0.159. The molecular weight excluding hydrogens is 261 g/mol. The molecule has 4 atom stereocenters. The summed E-state index contributed by atoms with van der Waals surface area (Å²) in [7, 11) is 0. The van der Waals surface area contributed by atoms with E-state index in [-0.39, 0.29) is 17.7 Å². The number of fused-ring (bicyclic) bond motifs is 1. The lowest BCUT2D eigenvalue weighted by molar-refractivity contribution is 0.0590. The van der Waals surface area contributed by atoms with E-state index in [9.17, 15) is 14.3 Å². The topological polar surface area (TPSA) is 60.8 Å². The summed E-state index contributed by atoms with van der Waals surface area (Å²) in [6.45, 7) is 1.00. The van der Waals surface area contributed by atoms with Crippen molar-refractivity contribution in [2.75, 3.05) is 13.1 Å². The summed E-state index contributed by atoms with van der Waals surface area (Å²) in [6, 6.07) is 6.20. The van der Waals surface area contributed by atoms with E-state index in [4.69, 9.17) is 5.11 Å². The molecule has 0 aromatic heterocycles. The lowest BCUT2D eigenvalue weighted by Gasteiger charge is -2.37. The van der Waals surface area contributed by atoms with Crippen LogP contribution >= 0.6 is 0 Å². The Morgan fingerprint density at radius 2 is 1.90 bits per heavy atom. The van der Waals surface area contributed by atoms with Crippen LogP contribution in [0, 0.1) is 17.7 Å². The summed E-state index contributed by atoms with van der Waals surface area (Å²) in [5.74, 6) is 0.0257. The van der Waals surface area contributed by atoms with Crippen molar-refractivity contribution in [2.45, 2.75) is 24.9 Å². The number of hydrogen-bond acceptors (Lipinski definition) is 2. The van der Waals surface area contributed by atoms with Crippen LogP contribution in [0.5, 0.6) is 0 Å². The Bertz CT molecular complexity index is 504. The SMILES string of the molecule is O=C(O)N1CC2C(c3ccc(F)cc3)C(O)CC[C@@H]2C1. The van der Waals surface area contributed by atoms with E-state index in [0.29, 0.717) is 25.4 Å². The Morgan fingerprint density at radius 1 is 1.20 bits per heavy atom. The molecule has 0 bridgehead atoms. The van der Waals surface area contributed by atoms with Crippen molar-refractivity contribution in [3.63, 3.8) is 0 Å². The number of likely N-dealkylation sites (tertiary alicyclic amines) is 1. The summed E-state index contributed by atoms with van der Waals surface area (Å²) in [5.41, 5.74) is 0.904. The van der Waals surface area contributed by atoms with E-state index in [2.05, 4.69) is 0 Å². The lowest BCUT2D eigenvalue weighted by atomic mass is 9.69. The number of halogens is 1. The second-order valence-electron chi connectivity index (χ2n) is 5.83. The number of benzene rings is 1. The van der Waals surface area contributed by atoms with Gasteiger partial charge in [-0.05, 0) is 42.4 Å². The van der Waals surface area contributed by atoms with Gasteiger partial charge in [0, 0.05) is 19.0 Å². The molecule has 2 aliphatic rings. The zero-order chi connectivity index (χ0) is 14.3. The van der Waals surface area contributed by atoms with Crippen molar-refractivity contribution in [1.82, 2.24) is 4.90 Å². The minimum absolute atomic E-state index is 0.0984. The molecule has 4 nitrogen and oxygen atoms in total. The second-order valence-corrected chi connectivity index (χ2v) is 5.83. The molecule has 2 fully saturated rings. The first-order chi connectivity index (χ1) is 9.56. The van der Waals surface area contributed by atoms with Crippen LogP contribution in [0.3, 0.4) is 0 Å². The van der Waals surface area contributed by atoms with Gasteiger partial charge in [0.2, 0.25) is 0 Å². The maximum Gasteiger partial charge on any atom is 0.407 e. The third kappa shape index (κ3) is 2.26. The normalized spacial score (nSPS) is 33.0. The largest absolute Gasteiger partial charge is 0.465 e. The Kier molecular flexibility index (Phi) is 3.38. The van der Waals surface area contributed by atoms with Gasteiger partial charge in [0.25, 0.3) is 0 Å². The number of aliphatic hydroxyl groups is 1. The van der Waals surface area contributed by atoms with E-state index in [0.717, 1.165) is 12.0 Å². The van der Waals surface area contributed by atoms with Crippen molar-refractivity contribution < 1.29 is 19.4 Å². The van der Waals surface area contributed by atoms with E-state index in [1.165, 1.54) is 17.0 Å². The Morgan fingerprint density at radius 3 is 2.55 bits per heavy atom.